The van der Waals surface area contributed by atoms with Gasteiger partial charge in [0, 0.05) is 14.2 Å². The summed E-state index contributed by atoms with van der Waals surface area (Å²) < 4.78 is 83.0. The van der Waals surface area contributed by atoms with Crippen LogP contribution in [0.5, 0.6) is 0 Å². The Hall–Kier alpha value is -0.910. The highest BCUT2D eigenvalue weighted by atomic mass is 19.4. The number of Topliss-reactive ketones (excluding diaryl/α,β-unsaturated/α-hetero) is 1. The van der Waals surface area contributed by atoms with Crippen molar-refractivity contribution in [1.29, 1.82) is 0 Å². The van der Waals surface area contributed by atoms with Gasteiger partial charge in [-0.2, -0.15) is 26.3 Å². The lowest BCUT2D eigenvalue weighted by Crippen LogP contribution is -2.34. The van der Waals surface area contributed by atoms with Gasteiger partial charge in [-0.25, -0.2) is 0 Å². The van der Waals surface area contributed by atoms with E-state index < -0.39 is 55.4 Å². The Balaban J connectivity index is 4.40. The zero-order valence-electron chi connectivity index (χ0n) is 14.4. The first-order valence-electron chi connectivity index (χ1n) is 7.88. The molecule has 0 aromatic rings. The zero-order chi connectivity index (χ0) is 20.5. The highest BCUT2D eigenvalue weighted by Gasteiger charge is 2.34. The third-order valence-electron chi connectivity index (χ3n) is 3.77. The van der Waals surface area contributed by atoms with Crippen LogP contribution in [0.3, 0.4) is 0 Å². The Kier molecular flexibility index (Phi) is 10.7. The van der Waals surface area contributed by atoms with Crippen molar-refractivity contribution < 1.29 is 50.8 Å². The van der Waals surface area contributed by atoms with E-state index in [0.29, 0.717) is 0 Å². The number of carbonyl (C=O) groups excluding carboxylic acids is 1. The van der Waals surface area contributed by atoms with Crippen molar-refractivity contribution in [3.8, 4) is 0 Å². The Morgan fingerprint density at radius 1 is 0.769 bits per heavy atom. The number of carbonyl (C=O) groups is 1. The first-order valence-corrected chi connectivity index (χ1v) is 7.88. The molecule has 0 aliphatic rings. The van der Waals surface area contributed by atoms with Gasteiger partial charge in [-0.3, -0.25) is 4.79 Å². The number of aliphatic hydroxyl groups is 2. The summed E-state index contributed by atoms with van der Waals surface area (Å²) in [6.45, 7) is 0. The number of rotatable bonds is 12. The highest BCUT2D eigenvalue weighted by molar-refractivity contribution is 5.86. The van der Waals surface area contributed by atoms with E-state index in [2.05, 4.69) is 9.47 Å². The molecule has 0 radical (unpaired) electrons. The number of hydrogen-bond donors (Lipinski definition) is 2. The van der Waals surface area contributed by atoms with Crippen LogP contribution in [0.1, 0.15) is 38.5 Å². The second-order valence-corrected chi connectivity index (χ2v) is 5.94. The summed E-state index contributed by atoms with van der Waals surface area (Å²) in [6, 6.07) is 0. The van der Waals surface area contributed by atoms with Crippen LogP contribution >= 0.6 is 0 Å². The molecule has 2 N–H and O–H groups in total. The molecule has 0 bridgehead atoms. The molecule has 11 heteroatoms. The molecule has 0 aromatic carbocycles. The molecule has 0 rings (SSSR count). The SMILES string of the molecule is COC(CC[C@@H](O)C(=O)[C@H](O)CCC(CC(F)(F)F)OC)CC(F)(F)F. The van der Waals surface area contributed by atoms with Crippen LogP contribution < -0.4 is 0 Å². The summed E-state index contributed by atoms with van der Waals surface area (Å²) >= 11 is 0. The number of alkyl halides is 6. The number of aliphatic hydroxyl groups excluding tert-OH is 2. The third kappa shape index (κ3) is 11.7. The Morgan fingerprint density at radius 2 is 1.08 bits per heavy atom. The van der Waals surface area contributed by atoms with Gasteiger partial charge in [0.1, 0.15) is 12.2 Å². The van der Waals surface area contributed by atoms with Gasteiger partial charge >= 0.3 is 12.4 Å². The molecule has 0 aromatic heterocycles. The molecule has 0 saturated heterocycles. The molecular formula is C15H24F6O5. The average molecular weight is 398 g/mol. The van der Waals surface area contributed by atoms with Gasteiger partial charge in [0.2, 0.25) is 0 Å². The van der Waals surface area contributed by atoms with Crippen LogP contribution in [0.15, 0.2) is 0 Å². The molecule has 0 saturated carbocycles. The van der Waals surface area contributed by atoms with Crippen LogP contribution in [-0.4, -0.2) is 67.0 Å². The van der Waals surface area contributed by atoms with Gasteiger partial charge in [-0.15, -0.1) is 0 Å². The lowest BCUT2D eigenvalue weighted by molar-refractivity contribution is -0.159. The molecule has 26 heavy (non-hydrogen) atoms. The van der Waals surface area contributed by atoms with Crippen LogP contribution in [-0.2, 0) is 14.3 Å². The van der Waals surface area contributed by atoms with E-state index in [1.165, 1.54) is 0 Å². The quantitative estimate of drug-likeness (QED) is 0.495. The largest absolute Gasteiger partial charge is 0.391 e. The van der Waals surface area contributed by atoms with Crippen LogP contribution in [0.25, 0.3) is 0 Å². The minimum atomic E-state index is -4.47. The van der Waals surface area contributed by atoms with Gasteiger partial charge in [0.05, 0.1) is 25.0 Å². The average Bonchev–Trinajstić information content (AvgIpc) is 2.51. The van der Waals surface area contributed by atoms with Gasteiger partial charge in [-0.05, 0) is 25.7 Å². The summed E-state index contributed by atoms with van der Waals surface area (Å²) in [5.41, 5.74) is 0. The molecule has 0 aliphatic carbocycles. The maximum atomic E-state index is 12.3. The number of ketones is 1. The summed E-state index contributed by atoms with van der Waals surface area (Å²) in [6.07, 6.45) is -18.7. The fourth-order valence-electron chi connectivity index (χ4n) is 2.32. The Bertz CT molecular complexity index is 376. The van der Waals surface area contributed by atoms with Gasteiger partial charge in [0.15, 0.2) is 5.78 Å². The van der Waals surface area contributed by atoms with Crippen molar-refractivity contribution in [3.05, 3.63) is 0 Å². The van der Waals surface area contributed by atoms with Crippen LogP contribution in [0.2, 0.25) is 0 Å². The summed E-state index contributed by atoms with van der Waals surface area (Å²) in [5.74, 6) is -1.06. The van der Waals surface area contributed by atoms with Crippen molar-refractivity contribution in [1.82, 2.24) is 0 Å². The molecule has 0 fully saturated rings. The van der Waals surface area contributed by atoms with Crippen LogP contribution in [0, 0.1) is 0 Å². The fourth-order valence-corrected chi connectivity index (χ4v) is 2.32. The number of hydrogen-bond acceptors (Lipinski definition) is 5. The zero-order valence-corrected chi connectivity index (χ0v) is 14.4. The van der Waals surface area contributed by atoms with Gasteiger partial charge < -0.3 is 19.7 Å². The van der Waals surface area contributed by atoms with Crippen molar-refractivity contribution in [2.45, 2.75) is 75.3 Å². The predicted octanol–water partition coefficient (Wildman–Crippen LogP) is 2.77. The second-order valence-electron chi connectivity index (χ2n) is 5.94. The summed E-state index contributed by atoms with van der Waals surface area (Å²) in [4.78, 5) is 11.8. The molecular weight excluding hydrogens is 374 g/mol. The number of ether oxygens (including phenoxy) is 2. The molecule has 0 aliphatic heterocycles. The number of methoxy groups -OCH3 is 2. The molecule has 0 amide bonds. The van der Waals surface area contributed by atoms with E-state index in [0.717, 1.165) is 14.2 Å². The number of halogens is 6. The van der Waals surface area contributed by atoms with Gasteiger partial charge in [-0.1, -0.05) is 0 Å². The molecule has 5 nitrogen and oxygen atoms in total. The standard InChI is InChI=1S/C15H24F6O5/c1-25-9(7-14(16,17)18)3-5-11(22)13(24)12(23)6-4-10(26-2)8-15(19,20)21/h9-12,22-23H,3-8H2,1-2H3/t9?,10?,11-,12-/m1/s1. The Morgan fingerprint density at radius 3 is 1.31 bits per heavy atom. The molecule has 0 spiro atoms. The van der Waals surface area contributed by atoms with E-state index in [1.54, 1.807) is 0 Å². The van der Waals surface area contributed by atoms with E-state index in [9.17, 15) is 41.4 Å². The maximum Gasteiger partial charge on any atom is 0.391 e. The highest BCUT2D eigenvalue weighted by Crippen LogP contribution is 2.26. The van der Waals surface area contributed by atoms with Crippen molar-refractivity contribution in [2.24, 2.45) is 0 Å². The second kappa shape index (κ2) is 11.1. The van der Waals surface area contributed by atoms with E-state index in [4.69, 9.17) is 0 Å². The molecule has 2 unspecified atom stereocenters. The van der Waals surface area contributed by atoms with E-state index >= 15 is 0 Å². The Labute approximate surface area is 147 Å². The minimum Gasteiger partial charge on any atom is -0.385 e. The summed E-state index contributed by atoms with van der Waals surface area (Å²) in [7, 11) is 2.12. The topological polar surface area (TPSA) is 76.0 Å². The van der Waals surface area contributed by atoms with Gasteiger partial charge in [0.25, 0.3) is 0 Å². The lowest BCUT2D eigenvalue weighted by atomic mass is 9.98. The van der Waals surface area contributed by atoms with Crippen molar-refractivity contribution in [3.63, 3.8) is 0 Å². The van der Waals surface area contributed by atoms with E-state index in [1.807, 2.05) is 0 Å². The lowest BCUT2D eigenvalue weighted by Gasteiger charge is -2.21. The van der Waals surface area contributed by atoms with Crippen LogP contribution in [0.4, 0.5) is 26.3 Å². The summed E-state index contributed by atoms with van der Waals surface area (Å²) in [5, 5.41) is 19.4. The maximum absolute atomic E-state index is 12.3. The van der Waals surface area contributed by atoms with Crippen molar-refractivity contribution in [2.75, 3.05) is 14.2 Å². The van der Waals surface area contributed by atoms with E-state index in [-0.39, 0.29) is 25.7 Å². The first kappa shape index (κ1) is 25.1. The molecule has 4 atom stereocenters. The predicted molar refractivity (Wildman–Crippen MR) is 78.4 cm³/mol. The normalized spacial score (nSPS) is 17.6. The third-order valence-corrected chi connectivity index (χ3v) is 3.77. The van der Waals surface area contributed by atoms with Crippen molar-refractivity contribution >= 4 is 5.78 Å². The monoisotopic (exact) mass is 398 g/mol. The fraction of sp³-hybridized carbons (Fsp3) is 0.933. The molecule has 0 heterocycles. The molecule has 156 valence electrons. The minimum absolute atomic E-state index is 0.273. The smallest absolute Gasteiger partial charge is 0.385 e. The first-order chi connectivity index (χ1) is 11.8.